The molecule has 1 atom stereocenters. The van der Waals surface area contributed by atoms with Crippen molar-refractivity contribution in [1.82, 2.24) is 20.2 Å². The molecule has 1 N–H and O–H groups in total. The smallest absolute Gasteiger partial charge is 0.178 e. The van der Waals surface area contributed by atoms with Crippen molar-refractivity contribution in [3.63, 3.8) is 0 Å². The molecular weight excluding hydrogens is 302 g/mol. The van der Waals surface area contributed by atoms with Crippen molar-refractivity contribution < 1.29 is 8.42 Å². The number of aromatic amines is 1. The first-order chi connectivity index (χ1) is 10.5. The lowest BCUT2D eigenvalue weighted by molar-refractivity contribution is 0.455. The van der Waals surface area contributed by atoms with Gasteiger partial charge in [0.25, 0.3) is 0 Å². The summed E-state index contributed by atoms with van der Waals surface area (Å²) in [6, 6.07) is 1.80. The Kier molecular flexibility index (Phi) is 3.86. The number of piperidine rings is 1. The topological polar surface area (TPSA) is 91.8 Å². The normalized spacial score (nSPS) is 19.4. The molecule has 22 heavy (non-hydrogen) atoms. The van der Waals surface area contributed by atoms with Crippen molar-refractivity contribution in [2.75, 3.05) is 17.7 Å². The van der Waals surface area contributed by atoms with Crippen molar-refractivity contribution in [2.24, 2.45) is 0 Å². The molecule has 0 bridgehead atoms. The Balaban J connectivity index is 2.03. The molecule has 0 radical (unpaired) electrons. The summed E-state index contributed by atoms with van der Waals surface area (Å²) in [4.78, 5) is 11.0. The second-order valence-electron chi connectivity index (χ2n) is 5.59. The van der Waals surface area contributed by atoms with Crippen LogP contribution in [-0.2, 0) is 9.84 Å². The second-order valence-corrected chi connectivity index (χ2v) is 7.57. The highest BCUT2D eigenvalue weighted by atomic mass is 32.2. The molecule has 3 heterocycles. The summed E-state index contributed by atoms with van der Waals surface area (Å²) in [5.41, 5.74) is 0.651. The first-order valence-corrected chi connectivity index (χ1v) is 9.15. The van der Waals surface area contributed by atoms with Crippen LogP contribution in [0, 0.1) is 6.92 Å². The summed E-state index contributed by atoms with van der Waals surface area (Å²) >= 11 is 0. The quantitative estimate of drug-likeness (QED) is 0.924. The lowest BCUT2D eigenvalue weighted by Crippen LogP contribution is -2.35. The Morgan fingerprint density at radius 1 is 1.36 bits per heavy atom. The van der Waals surface area contributed by atoms with E-state index in [0.29, 0.717) is 11.5 Å². The fourth-order valence-corrected chi connectivity index (χ4v) is 3.75. The van der Waals surface area contributed by atoms with Crippen LogP contribution in [0.25, 0.3) is 0 Å². The highest BCUT2D eigenvalue weighted by molar-refractivity contribution is 7.90. The van der Waals surface area contributed by atoms with Crippen LogP contribution in [0.4, 0.5) is 5.82 Å². The Bertz CT molecular complexity index is 771. The molecule has 8 heteroatoms. The minimum absolute atomic E-state index is 0.0599. The van der Waals surface area contributed by atoms with Crippen LogP contribution in [0.1, 0.15) is 36.8 Å². The van der Waals surface area contributed by atoms with Crippen LogP contribution in [0.2, 0.25) is 0 Å². The molecule has 2 aromatic heterocycles. The van der Waals surface area contributed by atoms with Crippen molar-refractivity contribution in [2.45, 2.75) is 37.1 Å². The average Bonchev–Trinajstić information content (AvgIpc) is 2.97. The predicted molar refractivity (Wildman–Crippen MR) is 82.4 cm³/mol. The zero-order valence-corrected chi connectivity index (χ0v) is 13.5. The number of nitrogens with one attached hydrogen (secondary N) is 1. The van der Waals surface area contributed by atoms with Crippen molar-refractivity contribution in [3.8, 4) is 0 Å². The summed E-state index contributed by atoms with van der Waals surface area (Å²) in [5, 5.41) is 6.83. The maximum absolute atomic E-state index is 12.0. The molecule has 0 saturated carbocycles. The molecule has 0 unspecified atom stereocenters. The molecule has 3 rings (SSSR count). The van der Waals surface area contributed by atoms with Gasteiger partial charge in [0.05, 0.1) is 17.9 Å². The average molecular weight is 321 g/mol. The number of aryl methyl sites for hydroxylation is 1. The van der Waals surface area contributed by atoms with Crippen LogP contribution < -0.4 is 4.90 Å². The Morgan fingerprint density at radius 2 is 2.18 bits per heavy atom. The second kappa shape index (κ2) is 5.68. The first kappa shape index (κ1) is 15.0. The summed E-state index contributed by atoms with van der Waals surface area (Å²) in [6.07, 6.45) is 7.31. The third-order valence-electron chi connectivity index (χ3n) is 3.92. The highest BCUT2D eigenvalue weighted by Gasteiger charge is 2.30. The zero-order valence-electron chi connectivity index (χ0n) is 12.7. The Labute approximate surface area is 129 Å². The molecule has 0 spiro atoms. The lowest BCUT2D eigenvalue weighted by Gasteiger charge is -2.36. The number of sulfone groups is 1. The molecule has 1 fully saturated rings. The fourth-order valence-electron chi connectivity index (χ4n) is 2.93. The van der Waals surface area contributed by atoms with Gasteiger partial charge in [0.1, 0.15) is 16.5 Å². The van der Waals surface area contributed by atoms with E-state index in [1.807, 2.05) is 13.0 Å². The van der Waals surface area contributed by atoms with E-state index in [-0.39, 0.29) is 10.9 Å². The van der Waals surface area contributed by atoms with E-state index in [9.17, 15) is 8.42 Å². The Hall–Kier alpha value is -1.96. The summed E-state index contributed by atoms with van der Waals surface area (Å²) in [7, 11) is -3.31. The molecular formula is C14H19N5O2S. The van der Waals surface area contributed by atoms with Gasteiger partial charge in [-0.05, 0) is 32.3 Å². The van der Waals surface area contributed by atoms with Gasteiger partial charge >= 0.3 is 0 Å². The SMILES string of the molecule is Cc1nccc(N2CCCC[C@@H]2c2[nH]ncc2S(C)(=O)=O)n1. The van der Waals surface area contributed by atoms with Crippen molar-refractivity contribution in [1.29, 1.82) is 0 Å². The third kappa shape index (κ3) is 2.83. The van der Waals surface area contributed by atoms with Crippen LogP contribution in [0.5, 0.6) is 0 Å². The lowest BCUT2D eigenvalue weighted by atomic mass is 9.99. The molecule has 118 valence electrons. The summed E-state index contributed by atoms with van der Waals surface area (Å²) in [6.45, 7) is 2.68. The highest BCUT2D eigenvalue weighted by Crippen LogP contribution is 2.35. The van der Waals surface area contributed by atoms with E-state index >= 15 is 0 Å². The number of hydrogen-bond donors (Lipinski definition) is 1. The standard InChI is InChI=1S/C14H19N5O2S/c1-10-15-7-6-13(17-10)19-8-4-3-5-11(19)14-12(9-16-18-14)22(2,20)21/h6-7,9,11H,3-5,8H2,1-2H3,(H,16,18)/t11-/m1/s1. The Morgan fingerprint density at radius 3 is 2.91 bits per heavy atom. The number of anilines is 1. The van der Waals surface area contributed by atoms with Gasteiger partial charge in [-0.15, -0.1) is 0 Å². The predicted octanol–water partition coefficient (Wildman–Crippen LogP) is 1.64. The van der Waals surface area contributed by atoms with Gasteiger partial charge in [-0.2, -0.15) is 5.10 Å². The molecule has 0 amide bonds. The molecule has 0 aliphatic carbocycles. The van der Waals surface area contributed by atoms with Crippen LogP contribution >= 0.6 is 0 Å². The van der Waals surface area contributed by atoms with Gasteiger partial charge in [-0.1, -0.05) is 0 Å². The van der Waals surface area contributed by atoms with Crippen molar-refractivity contribution >= 4 is 15.7 Å². The zero-order chi connectivity index (χ0) is 15.7. The maximum atomic E-state index is 12.0. The molecule has 2 aromatic rings. The third-order valence-corrected chi connectivity index (χ3v) is 5.05. The minimum atomic E-state index is -3.31. The van der Waals surface area contributed by atoms with Gasteiger partial charge in [0.15, 0.2) is 9.84 Å². The minimum Gasteiger partial charge on any atom is -0.348 e. The molecule has 7 nitrogen and oxygen atoms in total. The van der Waals surface area contributed by atoms with E-state index in [0.717, 1.165) is 31.6 Å². The van der Waals surface area contributed by atoms with Crippen LogP contribution in [0.15, 0.2) is 23.4 Å². The van der Waals surface area contributed by atoms with Crippen molar-refractivity contribution in [3.05, 3.63) is 30.0 Å². The van der Waals surface area contributed by atoms with Gasteiger partial charge < -0.3 is 4.90 Å². The molecule has 1 aliphatic rings. The van der Waals surface area contributed by atoms with E-state index in [2.05, 4.69) is 25.1 Å². The fraction of sp³-hybridized carbons (Fsp3) is 0.500. The van der Waals surface area contributed by atoms with Crippen LogP contribution in [-0.4, -0.2) is 41.4 Å². The van der Waals surface area contributed by atoms with E-state index in [1.54, 1.807) is 6.20 Å². The number of rotatable bonds is 3. The van der Waals surface area contributed by atoms with Gasteiger partial charge in [0, 0.05) is 19.0 Å². The number of hydrogen-bond acceptors (Lipinski definition) is 6. The van der Waals surface area contributed by atoms with Crippen LogP contribution in [0.3, 0.4) is 0 Å². The summed E-state index contributed by atoms with van der Waals surface area (Å²) in [5.74, 6) is 1.53. The largest absolute Gasteiger partial charge is 0.348 e. The number of H-pyrrole nitrogens is 1. The molecule has 1 saturated heterocycles. The molecule has 0 aromatic carbocycles. The van der Waals surface area contributed by atoms with Gasteiger partial charge in [0.2, 0.25) is 0 Å². The number of aromatic nitrogens is 4. The number of nitrogens with zero attached hydrogens (tertiary/aromatic N) is 4. The molecule has 1 aliphatic heterocycles. The van der Waals surface area contributed by atoms with E-state index in [1.165, 1.54) is 12.5 Å². The van der Waals surface area contributed by atoms with Gasteiger partial charge in [-0.3, -0.25) is 5.10 Å². The van der Waals surface area contributed by atoms with E-state index in [4.69, 9.17) is 0 Å². The monoisotopic (exact) mass is 321 g/mol. The summed E-state index contributed by atoms with van der Waals surface area (Å²) < 4.78 is 23.9. The first-order valence-electron chi connectivity index (χ1n) is 7.26. The maximum Gasteiger partial charge on any atom is 0.178 e. The van der Waals surface area contributed by atoms with Gasteiger partial charge in [-0.25, -0.2) is 18.4 Å². The van der Waals surface area contributed by atoms with E-state index < -0.39 is 9.84 Å².